The SMILES string of the molecule is CC(NC(=O)c1cn(-c2ccccc2)nc1-c1ccccc1)C(=O)NCc1ccccc1. The quantitative estimate of drug-likeness (QED) is 0.471. The molecular formula is C26H24N4O2. The lowest BCUT2D eigenvalue weighted by atomic mass is 10.1. The summed E-state index contributed by atoms with van der Waals surface area (Å²) in [5, 5.41) is 10.3. The molecule has 0 fully saturated rings. The van der Waals surface area contributed by atoms with E-state index in [4.69, 9.17) is 0 Å². The van der Waals surface area contributed by atoms with E-state index in [9.17, 15) is 9.59 Å². The van der Waals surface area contributed by atoms with E-state index in [1.54, 1.807) is 17.8 Å². The molecule has 1 aromatic heterocycles. The zero-order valence-corrected chi connectivity index (χ0v) is 17.7. The van der Waals surface area contributed by atoms with E-state index in [0.29, 0.717) is 17.8 Å². The molecule has 160 valence electrons. The summed E-state index contributed by atoms with van der Waals surface area (Å²) >= 11 is 0. The number of hydrogen-bond donors (Lipinski definition) is 2. The van der Waals surface area contributed by atoms with E-state index >= 15 is 0 Å². The molecule has 1 heterocycles. The summed E-state index contributed by atoms with van der Waals surface area (Å²) < 4.78 is 1.68. The zero-order valence-electron chi connectivity index (χ0n) is 17.7. The van der Waals surface area contributed by atoms with Gasteiger partial charge in [0.15, 0.2) is 0 Å². The maximum absolute atomic E-state index is 13.1. The van der Waals surface area contributed by atoms with Crippen molar-refractivity contribution < 1.29 is 9.59 Å². The van der Waals surface area contributed by atoms with Crippen LogP contribution in [-0.4, -0.2) is 27.6 Å². The molecule has 0 aliphatic heterocycles. The van der Waals surface area contributed by atoms with E-state index in [2.05, 4.69) is 15.7 Å². The van der Waals surface area contributed by atoms with Gasteiger partial charge in [-0.3, -0.25) is 9.59 Å². The largest absolute Gasteiger partial charge is 0.350 e. The Morgan fingerprint density at radius 3 is 2.12 bits per heavy atom. The molecule has 2 N–H and O–H groups in total. The van der Waals surface area contributed by atoms with Crippen molar-refractivity contribution >= 4 is 11.8 Å². The molecule has 3 aromatic carbocycles. The summed E-state index contributed by atoms with van der Waals surface area (Å²) in [6.45, 7) is 2.07. The fourth-order valence-electron chi connectivity index (χ4n) is 3.34. The smallest absolute Gasteiger partial charge is 0.255 e. The van der Waals surface area contributed by atoms with Gasteiger partial charge in [0.1, 0.15) is 11.7 Å². The Balaban J connectivity index is 1.53. The van der Waals surface area contributed by atoms with E-state index < -0.39 is 6.04 Å². The standard InChI is InChI=1S/C26H24N4O2/c1-19(25(31)27-17-20-11-5-2-6-12-20)28-26(32)23-18-30(22-15-9-4-10-16-22)29-24(23)21-13-7-3-8-14-21/h2-16,18-19H,17H2,1H3,(H,27,31)(H,28,32). The molecular weight excluding hydrogens is 400 g/mol. The Hall–Kier alpha value is -4.19. The second-order valence-corrected chi connectivity index (χ2v) is 7.44. The van der Waals surface area contributed by atoms with Gasteiger partial charge in [-0.1, -0.05) is 78.9 Å². The molecule has 0 bridgehead atoms. The van der Waals surface area contributed by atoms with Crippen molar-refractivity contribution in [2.24, 2.45) is 0 Å². The molecule has 32 heavy (non-hydrogen) atoms. The first-order valence-corrected chi connectivity index (χ1v) is 10.4. The van der Waals surface area contributed by atoms with Crippen LogP contribution in [0.1, 0.15) is 22.8 Å². The number of nitrogens with zero attached hydrogens (tertiary/aromatic N) is 2. The Kier molecular flexibility index (Phi) is 6.41. The van der Waals surface area contributed by atoms with Crippen molar-refractivity contribution in [1.29, 1.82) is 0 Å². The van der Waals surface area contributed by atoms with Crippen molar-refractivity contribution in [3.8, 4) is 16.9 Å². The summed E-state index contributed by atoms with van der Waals surface area (Å²) in [5.74, 6) is -0.604. The Morgan fingerprint density at radius 1 is 0.875 bits per heavy atom. The fourth-order valence-corrected chi connectivity index (χ4v) is 3.34. The summed E-state index contributed by atoms with van der Waals surface area (Å²) in [5.41, 5.74) is 3.63. The summed E-state index contributed by atoms with van der Waals surface area (Å²) in [6, 6.07) is 28.1. The molecule has 1 unspecified atom stereocenters. The topological polar surface area (TPSA) is 76.0 Å². The monoisotopic (exact) mass is 424 g/mol. The second-order valence-electron chi connectivity index (χ2n) is 7.44. The zero-order chi connectivity index (χ0) is 22.3. The van der Waals surface area contributed by atoms with Gasteiger partial charge in [0.05, 0.1) is 11.3 Å². The molecule has 0 saturated carbocycles. The second kappa shape index (κ2) is 9.75. The highest BCUT2D eigenvalue weighted by atomic mass is 16.2. The van der Waals surface area contributed by atoms with Gasteiger partial charge in [0.25, 0.3) is 5.91 Å². The van der Waals surface area contributed by atoms with Crippen LogP contribution in [0.3, 0.4) is 0 Å². The van der Waals surface area contributed by atoms with Crippen LogP contribution in [0.5, 0.6) is 0 Å². The number of benzene rings is 3. The minimum Gasteiger partial charge on any atom is -0.350 e. The van der Waals surface area contributed by atoms with E-state index in [1.807, 2.05) is 91.0 Å². The van der Waals surface area contributed by atoms with Crippen LogP contribution in [0.2, 0.25) is 0 Å². The molecule has 1 atom stereocenters. The van der Waals surface area contributed by atoms with Gasteiger partial charge in [-0.05, 0) is 24.6 Å². The van der Waals surface area contributed by atoms with Gasteiger partial charge >= 0.3 is 0 Å². The summed E-state index contributed by atoms with van der Waals surface area (Å²) in [7, 11) is 0. The van der Waals surface area contributed by atoms with Crippen LogP contribution >= 0.6 is 0 Å². The third kappa shape index (κ3) is 4.92. The van der Waals surface area contributed by atoms with Crippen LogP contribution in [0.25, 0.3) is 16.9 Å². The molecule has 2 amide bonds. The lowest BCUT2D eigenvalue weighted by Crippen LogP contribution is -2.44. The first-order chi connectivity index (χ1) is 15.6. The first-order valence-electron chi connectivity index (χ1n) is 10.4. The number of aromatic nitrogens is 2. The summed E-state index contributed by atoms with van der Waals surface area (Å²) in [4.78, 5) is 25.6. The maximum atomic E-state index is 13.1. The minimum atomic E-state index is -0.699. The maximum Gasteiger partial charge on any atom is 0.255 e. The average Bonchev–Trinajstić information content (AvgIpc) is 3.30. The third-order valence-electron chi connectivity index (χ3n) is 5.08. The van der Waals surface area contributed by atoms with Crippen LogP contribution < -0.4 is 10.6 Å². The van der Waals surface area contributed by atoms with Gasteiger partial charge in [0.2, 0.25) is 5.91 Å². The number of rotatable bonds is 7. The number of carbonyl (C=O) groups is 2. The highest BCUT2D eigenvalue weighted by molar-refractivity contribution is 6.02. The molecule has 4 rings (SSSR count). The van der Waals surface area contributed by atoms with E-state index in [-0.39, 0.29) is 11.8 Å². The highest BCUT2D eigenvalue weighted by Gasteiger charge is 2.22. The van der Waals surface area contributed by atoms with Gasteiger partial charge in [-0.2, -0.15) is 5.10 Å². The van der Waals surface area contributed by atoms with Gasteiger partial charge in [-0.15, -0.1) is 0 Å². The van der Waals surface area contributed by atoms with Gasteiger partial charge < -0.3 is 10.6 Å². The number of hydrogen-bond acceptors (Lipinski definition) is 3. The van der Waals surface area contributed by atoms with Crippen LogP contribution in [0.15, 0.2) is 97.2 Å². The average molecular weight is 425 g/mol. The molecule has 0 aliphatic rings. The minimum absolute atomic E-state index is 0.251. The third-order valence-corrected chi connectivity index (χ3v) is 5.08. The molecule has 6 nitrogen and oxygen atoms in total. The van der Waals surface area contributed by atoms with E-state index in [1.165, 1.54) is 0 Å². The first kappa shape index (κ1) is 21.1. The predicted octanol–water partition coefficient (Wildman–Crippen LogP) is 3.97. The molecule has 0 saturated heterocycles. The van der Waals surface area contributed by atoms with E-state index in [0.717, 1.165) is 16.8 Å². The number of para-hydroxylation sites is 1. The Bertz CT molecular complexity index is 1190. The van der Waals surface area contributed by atoms with Crippen LogP contribution in [0, 0.1) is 0 Å². The molecule has 0 spiro atoms. The van der Waals surface area contributed by atoms with Crippen molar-refractivity contribution in [2.75, 3.05) is 0 Å². The lowest BCUT2D eigenvalue weighted by molar-refractivity contribution is -0.122. The number of amides is 2. The number of carbonyl (C=O) groups excluding carboxylic acids is 2. The predicted molar refractivity (Wildman–Crippen MR) is 124 cm³/mol. The van der Waals surface area contributed by atoms with Crippen LogP contribution in [0.4, 0.5) is 0 Å². The molecule has 6 heteroatoms. The van der Waals surface area contributed by atoms with Crippen molar-refractivity contribution in [2.45, 2.75) is 19.5 Å². The van der Waals surface area contributed by atoms with Crippen molar-refractivity contribution in [1.82, 2.24) is 20.4 Å². The summed E-state index contributed by atoms with van der Waals surface area (Å²) in [6.07, 6.45) is 1.70. The molecule has 0 radical (unpaired) electrons. The van der Waals surface area contributed by atoms with Gasteiger partial charge in [-0.25, -0.2) is 4.68 Å². The van der Waals surface area contributed by atoms with Crippen LogP contribution in [-0.2, 0) is 11.3 Å². The number of nitrogens with one attached hydrogen (secondary N) is 2. The van der Waals surface area contributed by atoms with Crippen molar-refractivity contribution in [3.05, 3.63) is 108 Å². The highest BCUT2D eigenvalue weighted by Crippen LogP contribution is 2.23. The van der Waals surface area contributed by atoms with Gasteiger partial charge in [0, 0.05) is 18.3 Å². The lowest BCUT2D eigenvalue weighted by Gasteiger charge is -2.14. The molecule has 0 aliphatic carbocycles. The molecule has 4 aromatic rings. The van der Waals surface area contributed by atoms with Crippen molar-refractivity contribution in [3.63, 3.8) is 0 Å². The Labute approximate surface area is 186 Å². The Morgan fingerprint density at radius 2 is 1.47 bits per heavy atom. The normalized spacial score (nSPS) is 11.5. The fraction of sp³-hybridized carbons (Fsp3) is 0.115.